The van der Waals surface area contributed by atoms with E-state index in [1.165, 1.54) is 6.07 Å². The first kappa shape index (κ1) is 12.3. The Bertz CT molecular complexity index is 522. The van der Waals surface area contributed by atoms with Gasteiger partial charge in [0.25, 0.3) is 0 Å². The van der Waals surface area contributed by atoms with Crippen LogP contribution in [0.1, 0.15) is 22.8 Å². The number of aliphatic hydroxyl groups excluding tert-OH is 1. The second-order valence-electron chi connectivity index (χ2n) is 3.98. The van der Waals surface area contributed by atoms with Crippen LogP contribution in [0, 0.1) is 12.7 Å². The van der Waals surface area contributed by atoms with E-state index in [-0.39, 0.29) is 5.56 Å². The van der Waals surface area contributed by atoms with E-state index in [1.54, 1.807) is 24.3 Å². The Morgan fingerprint density at radius 3 is 2.41 bits per heavy atom. The third kappa shape index (κ3) is 2.73. The lowest BCUT2D eigenvalue weighted by atomic mass is 10.0. The summed E-state index contributed by atoms with van der Waals surface area (Å²) in [6.07, 6.45) is -0.937. The van der Waals surface area contributed by atoms with Crippen LogP contribution in [-0.2, 0) is 0 Å². The second-order valence-corrected chi connectivity index (χ2v) is 4.89. The summed E-state index contributed by atoms with van der Waals surface area (Å²) >= 11 is 3.27. The molecule has 2 rings (SSSR count). The monoisotopic (exact) mass is 294 g/mol. The maximum Gasteiger partial charge on any atom is 0.129 e. The van der Waals surface area contributed by atoms with Gasteiger partial charge in [0.05, 0.1) is 0 Å². The third-order valence-corrected chi connectivity index (χ3v) is 3.14. The summed E-state index contributed by atoms with van der Waals surface area (Å²) in [6, 6.07) is 12.0. The van der Waals surface area contributed by atoms with Crippen molar-refractivity contribution in [3.05, 3.63) is 69.4 Å². The van der Waals surface area contributed by atoms with E-state index in [9.17, 15) is 9.50 Å². The minimum atomic E-state index is -0.937. The van der Waals surface area contributed by atoms with E-state index in [1.807, 2.05) is 19.1 Å². The molecular formula is C14H12BrFO. The predicted molar refractivity (Wildman–Crippen MR) is 69.3 cm³/mol. The van der Waals surface area contributed by atoms with Gasteiger partial charge in [-0.2, -0.15) is 0 Å². The van der Waals surface area contributed by atoms with Gasteiger partial charge >= 0.3 is 0 Å². The van der Waals surface area contributed by atoms with Gasteiger partial charge in [-0.1, -0.05) is 45.8 Å². The smallest absolute Gasteiger partial charge is 0.129 e. The molecule has 1 nitrogen and oxygen atoms in total. The molecule has 88 valence electrons. The summed E-state index contributed by atoms with van der Waals surface area (Å²) in [4.78, 5) is 0. The first-order valence-electron chi connectivity index (χ1n) is 5.27. The van der Waals surface area contributed by atoms with Gasteiger partial charge in [0.2, 0.25) is 0 Å². The van der Waals surface area contributed by atoms with Gasteiger partial charge in [-0.05, 0) is 30.7 Å². The number of hydrogen-bond donors (Lipinski definition) is 1. The molecule has 0 fully saturated rings. The summed E-state index contributed by atoms with van der Waals surface area (Å²) in [5, 5.41) is 10.1. The van der Waals surface area contributed by atoms with Crippen LogP contribution in [0.5, 0.6) is 0 Å². The van der Waals surface area contributed by atoms with Gasteiger partial charge in [-0.3, -0.25) is 0 Å². The Morgan fingerprint density at radius 2 is 1.76 bits per heavy atom. The fourth-order valence-corrected chi connectivity index (χ4v) is 2.03. The van der Waals surface area contributed by atoms with Crippen molar-refractivity contribution in [1.29, 1.82) is 0 Å². The Kier molecular flexibility index (Phi) is 3.60. The third-order valence-electron chi connectivity index (χ3n) is 2.65. The van der Waals surface area contributed by atoms with Crippen LogP contribution >= 0.6 is 15.9 Å². The van der Waals surface area contributed by atoms with Crippen molar-refractivity contribution < 1.29 is 9.50 Å². The molecule has 1 atom stereocenters. The Labute approximate surface area is 108 Å². The molecular weight excluding hydrogens is 283 g/mol. The highest BCUT2D eigenvalue weighted by atomic mass is 79.9. The predicted octanol–water partition coefficient (Wildman–Crippen LogP) is 3.98. The average molecular weight is 295 g/mol. The van der Waals surface area contributed by atoms with Crippen molar-refractivity contribution in [2.75, 3.05) is 0 Å². The van der Waals surface area contributed by atoms with Crippen molar-refractivity contribution in [2.45, 2.75) is 13.0 Å². The summed E-state index contributed by atoms with van der Waals surface area (Å²) in [7, 11) is 0. The molecule has 0 heterocycles. The van der Waals surface area contributed by atoms with Crippen molar-refractivity contribution >= 4 is 15.9 Å². The van der Waals surface area contributed by atoms with Crippen LogP contribution in [0.2, 0.25) is 0 Å². The molecule has 0 aliphatic rings. The van der Waals surface area contributed by atoms with Crippen LogP contribution in [0.25, 0.3) is 0 Å². The molecule has 0 aliphatic heterocycles. The maximum absolute atomic E-state index is 13.6. The lowest BCUT2D eigenvalue weighted by Crippen LogP contribution is -2.02. The van der Waals surface area contributed by atoms with Crippen molar-refractivity contribution in [3.63, 3.8) is 0 Å². The zero-order valence-electron chi connectivity index (χ0n) is 9.32. The second kappa shape index (κ2) is 4.98. The number of aliphatic hydroxyl groups is 1. The highest BCUT2D eigenvalue weighted by Gasteiger charge is 2.15. The minimum absolute atomic E-state index is 0.281. The zero-order valence-corrected chi connectivity index (χ0v) is 10.9. The fraction of sp³-hybridized carbons (Fsp3) is 0.143. The minimum Gasteiger partial charge on any atom is -0.384 e. The molecule has 3 heteroatoms. The van der Waals surface area contributed by atoms with E-state index in [0.29, 0.717) is 5.56 Å². The molecule has 2 aromatic rings. The van der Waals surface area contributed by atoms with E-state index in [2.05, 4.69) is 15.9 Å². The van der Waals surface area contributed by atoms with Crippen molar-refractivity contribution in [2.24, 2.45) is 0 Å². The Morgan fingerprint density at radius 1 is 1.12 bits per heavy atom. The first-order chi connectivity index (χ1) is 8.08. The van der Waals surface area contributed by atoms with Gasteiger partial charge in [-0.25, -0.2) is 4.39 Å². The molecule has 1 unspecified atom stereocenters. The van der Waals surface area contributed by atoms with Gasteiger partial charge in [0, 0.05) is 10.0 Å². The Hall–Kier alpha value is -1.19. The molecule has 17 heavy (non-hydrogen) atoms. The summed E-state index contributed by atoms with van der Waals surface area (Å²) in [6.45, 7) is 1.97. The topological polar surface area (TPSA) is 20.2 Å². The van der Waals surface area contributed by atoms with E-state index in [4.69, 9.17) is 0 Å². The SMILES string of the molecule is Cc1ccc(C(O)c2cc(Br)ccc2F)cc1. The summed E-state index contributed by atoms with van der Waals surface area (Å²) in [5.41, 5.74) is 2.08. The quantitative estimate of drug-likeness (QED) is 0.888. The molecule has 0 amide bonds. The molecule has 0 bridgehead atoms. The van der Waals surface area contributed by atoms with E-state index >= 15 is 0 Å². The van der Waals surface area contributed by atoms with Crippen LogP contribution in [0.15, 0.2) is 46.9 Å². The molecule has 1 N–H and O–H groups in total. The standard InChI is InChI=1S/C14H12BrFO/c1-9-2-4-10(5-3-9)14(17)12-8-11(15)6-7-13(12)16/h2-8,14,17H,1H3. The van der Waals surface area contributed by atoms with Crippen LogP contribution in [-0.4, -0.2) is 5.11 Å². The maximum atomic E-state index is 13.6. The first-order valence-corrected chi connectivity index (χ1v) is 6.07. The van der Waals surface area contributed by atoms with E-state index in [0.717, 1.165) is 10.0 Å². The number of hydrogen-bond acceptors (Lipinski definition) is 1. The number of aryl methyl sites for hydroxylation is 1. The lowest BCUT2D eigenvalue weighted by molar-refractivity contribution is 0.215. The molecule has 0 saturated carbocycles. The average Bonchev–Trinajstić information content (AvgIpc) is 2.32. The number of rotatable bonds is 2. The highest BCUT2D eigenvalue weighted by Crippen LogP contribution is 2.27. The van der Waals surface area contributed by atoms with Crippen molar-refractivity contribution in [3.8, 4) is 0 Å². The summed E-state index contributed by atoms with van der Waals surface area (Å²) < 4.78 is 14.4. The van der Waals surface area contributed by atoms with Crippen molar-refractivity contribution in [1.82, 2.24) is 0 Å². The van der Waals surface area contributed by atoms with Gasteiger partial charge in [0.15, 0.2) is 0 Å². The van der Waals surface area contributed by atoms with Gasteiger partial charge in [0.1, 0.15) is 11.9 Å². The lowest BCUT2D eigenvalue weighted by Gasteiger charge is -2.13. The van der Waals surface area contributed by atoms with Crippen LogP contribution in [0.4, 0.5) is 4.39 Å². The largest absolute Gasteiger partial charge is 0.384 e. The number of benzene rings is 2. The molecule has 0 saturated heterocycles. The summed E-state index contributed by atoms with van der Waals surface area (Å²) in [5.74, 6) is -0.402. The number of halogens is 2. The molecule has 0 aromatic heterocycles. The fourth-order valence-electron chi connectivity index (χ4n) is 1.65. The van der Waals surface area contributed by atoms with Gasteiger partial charge in [-0.15, -0.1) is 0 Å². The van der Waals surface area contributed by atoms with Gasteiger partial charge < -0.3 is 5.11 Å². The zero-order chi connectivity index (χ0) is 12.4. The molecule has 0 radical (unpaired) electrons. The van der Waals surface area contributed by atoms with Crippen LogP contribution < -0.4 is 0 Å². The highest BCUT2D eigenvalue weighted by molar-refractivity contribution is 9.10. The normalized spacial score (nSPS) is 12.5. The molecule has 0 spiro atoms. The van der Waals surface area contributed by atoms with E-state index < -0.39 is 11.9 Å². The van der Waals surface area contributed by atoms with Crippen LogP contribution in [0.3, 0.4) is 0 Å². The molecule has 0 aliphatic carbocycles. The molecule has 2 aromatic carbocycles. The Balaban J connectivity index is 2.39.